The molecule has 18 heavy (non-hydrogen) atoms. The van der Waals surface area contributed by atoms with Gasteiger partial charge in [0.15, 0.2) is 11.6 Å². The summed E-state index contributed by atoms with van der Waals surface area (Å²) in [5.74, 6) is 2.26. The SMILES string of the molecule is CN(C)c1nccnc1NC1CCCC1CCO. The molecule has 1 aliphatic rings. The van der Waals surface area contributed by atoms with E-state index in [1.807, 2.05) is 19.0 Å². The van der Waals surface area contributed by atoms with Gasteiger partial charge in [-0.3, -0.25) is 0 Å². The smallest absolute Gasteiger partial charge is 0.171 e. The molecular formula is C13H22N4O. The standard InChI is InChI=1S/C13H22N4O/c1-17(2)13-12(14-7-8-15-13)16-11-5-3-4-10(11)6-9-18/h7-8,10-11,18H,3-6,9H2,1-2H3,(H,14,16). The average molecular weight is 250 g/mol. The van der Waals surface area contributed by atoms with E-state index in [0.29, 0.717) is 12.0 Å². The molecule has 0 aliphatic heterocycles. The minimum Gasteiger partial charge on any atom is -0.396 e. The highest BCUT2D eigenvalue weighted by Crippen LogP contribution is 2.31. The van der Waals surface area contributed by atoms with E-state index in [2.05, 4.69) is 15.3 Å². The van der Waals surface area contributed by atoms with Gasteiger partial charge in [-0.2, -0.15) is 0 Å². The van der Waals surface area contributed by atoms with Crippen LogP contribution in [0.5, 0.6) is 0 Å². The maximum Gasteiger partial charge on any atom is 0.171 e. The molecule has 2 unspecified atom stereocenters. The summed E-state index contributed by atoms with van der Waals surface area (Å²) in [7, 11) is 3.93. The Morgan fingerprint density at radius 3 is 2.83 bits per heavy atom. The van der Waals surface area contributed by atoms with Crippen LogP contribution >= 0.6 is 0 Å². The summed E-state index contributed by atoms with van der Waals surface area (Å²) in [4.78, 5) is 10.7. The van der Waals surface area contributed by atoms with E-state index >= 15 is 0 Å². The molecule has 0 aromatic carbocycles. The van der Waals surface area contributed by atoms with Crippen LogP contribution in [0.15, 0.2) is 12.4 Å². The maximum atomic E-state index is 9.09. The fourth-order valence-corrected chi connectivity index (χ4v) is 2.67. The van der Waals surface area contributed by atoms with Crippen molar-refractivity contribution in [1.82, 2.24) is 9.97 Å². The summed E-state index contributed by atoms with van der Waals surface area (Å²) in [6, 6.07) is 0.410. The molecule has 0 spiro atoms. The third kappa shape index (κ3) is 2.90. The first-order valence-electron chi connectivity index (χ1n) is 6.58. The largest absolute Gasteiger partial charge is 0.396 e. The van der Waals surface area contributed by atoms with E-state index < -0.39 is 0 Å². The summed E-state index contributed by atoms with van der Waals surface area (Å²) in [5.41, 5.74) is 0. The van der Waals surface area contributed by atoms with Gasteiger partial charge in [0.2, 0.25) is 0 Å². The van der Waals surface area contributed by atoms with Crippen molar-refractivity contribution in [2.45, 2.75) is 31.7 Å². The molecule has 1 saturated carbocycles. The zero-order valence-electron chi connectivity index (χ0n) is 11.1. The monoisotopic (exact) mass is 250 g/mol. The van der Waals surface area contributed by atoms with Crippen molar-refractivity contribution in [3.63, 3.8) is 0 Å². The molecule has 1 aliphatic carbocycles. The number of aliphatic hydroxyl groups is 1. The lowest BCUT2D eigenvalue weighted by Gasteiger charge is -2.23. The van der Waals surface area contributed by atoms with E-state index in [1.54, 1.807) is 12.4 Å². The van der Waals surface area contributed by atoms with Gasteiger partial charge >= 0.3 is 0 Å². The lowest BCUT2D eigenvalue weighted by atomic mass is 10.00. The van der Waals surface area contributed by atoms with Crippen molar-refractivity contribution < 1.29 is 5.11 Å². The molecule has 0 saturated heterocycles. The zero-order valence-corrected chi connectivity index (χ0v) is 11.1. The third-order valence-electron chi connectivity index (χ3n) is 3.58. The van der Waals surface area contributed by atoms with Crippen molar-refractivity contribution in [3.8, 4) is 0 Å². The summed E-state index contributed by atoms with van der Waals surface area (Å²) in [6.45, 7) is 0.268. The van der Waals surface area contributed by atoms with E-state index in [4.69, 9.17) is 5.11 Å². The molecule has 2 N–H and O–H groups in total. The van der Waals surface area contributed by atoms with Crippen LogP contribution < -0.4 is 10.2 Å². The first kappa shape index (κ1) is 13.1. The van der Waals surface area contributed by atoms with Gasteiger partial charge < -0.3 is 15.3 Å². The van der Waals surface area contributed by atoms with Gasteiger partial charge in [-0.15, -0.1) is 0 Å². The summed E-state index contributed by atoms with van der Waals surface area (Å²) < 4.78 is 0. The van der Waals surface area contributed by atoms with Gasteiger partial charge in [-0.1, -0.05) is 6.42 Å². The summed E-state index contributed by atoms with van der Waals surface area (Å²) >= 11 is 0. The van der Waals surface area contributed by atoms with Gasteiger partial charge in [-0.05, 0) is 25.2 Å². The first-order chi connectivity index (χ1) is 8.72. The molecule has 0 bridgehead atoms. The first-order valence-corrected chi connectivity index (χ1v) is 6.58. The molecule has 2 rings (SSSR count). The maximum absolute atomic E-state index is 9.09. The van der Waals surface area contributed by atoms with Crippen LogP contribution in [-0.4, -0.2) is 41.8 Å². The molecule has 1 aromatic heterocycles. The number of nitrogens with one attached hydrogen (secondary N) is 1. The van der Waals surface area contributed by atoms with Crippen molar-refractivity contribution >= 4 is 11.6 Å². The second kappa shape index (κ2) is 6.00. The van der Waals surface area contributed by atoms with Crippen LogP contribution in [0.2, 0.25) is 0 Å². The minimum absolute atomic E-state index is 0.268. The molecule has 5 heteroatoms. The van der Waals surface area contributed by atoms with Gasteiger partial charge in [0.1, 0.15) is 0 Å². The predicted molar refractivity (Wildman–Crippen MR) is 72.8 cm³/mol. The van der Waals surface area contributed by atoms with Crippen molar-refractivity contribution in [2.24, 2.45) is 5.92 Å². The van der Waals surface area contributed by atoms with Crippen molar-refractivity contribution in [2.75, 3.05) is 30.9 Å². The van der Waals surface area contributed by atoms with Crippen LogP contribution in [-0.2, 0) is 0 Å². The second-order valence-electron chi connectivity index (χ2n) is 5.08. The van der Waals surface area contributed by atoms with Crippen LogP contribution in [0.25, 0.3) is 0 Å². The molecule has 5 nitrogen and oxygen atoms in total. The Hall–Kier alpha value is -1.36. The number of hydrogen-bond acceptors (Lipinski definition) is 5. The quantitative estimate of drug-likeness (QED) is 0.829. The van der Waals surface area contributed by atoms with E-state index in [9.17, 15) is 0 Å². The van der Waals surface area contributed by atoms with Gasteiger partial charge in [-0.25, -0.2) is 9.97 Å². The zero-order chi connectivity index (χ0) is 13.0. The van der Waals surface area contributed by atoms with Crippen LogP contribution in [0, 0.1) is 5.92 Å². The number of hydrogen-bond donors (Lipinski definition) is 2. The van der Waals surface area contributed by atoms with Crippen LogP contribution in [0.1, 0.15) is 25.7 Å². The number of anilines is 2. The van der Waals surface area contributed by atoms with Gasteiger partial charge in [0.25, 0.3) is 0 Å². The van der Waals surface area contributed by atoms with Gasteiger partial charge in [0, 0.05) is 39.1 Å². The number of nitrogens with zero attached hydrogens (tertiary/aromatic N) is 3. The highest BCUT2D eigenvalue weighted by atomic mass is 16.3. The lowest BCUT2D eigenvalue weighted by molar-refractivity contribution is 0.254. The second-order valence-corrected chi connectivity index (χ2v) is 5.08. The summed E-state index contributed by atoms with van der Waals surface area (Å²) in [6.07, 6.45) is 7.85. The van der Waals surface area contributed by atoms with E-state index in [1.165, 1.54) is 12.8 Å². The molecule has 0 radical (unpaired) electrons. The lowest BCUT2D eigenvalue weighted by Crippen LogP contribution is -2.27. The van der Waals surface area contributed by atoms with Crippen LogP contribution in [0.3, 0.4) is 0 Å². The Labute approximate surface area is 108 Å². The van der Waals surface area contributed by atoms with Gasteiger partial charge in [0.05, 0.1) is 0 Å². The number of rotatable bonds is 5. The van der Waals surface area contributed by atoms with E-state index in [-0.39, 0.29) is 6.61 Å². The van der Waals surface area contributed by atoms with Crippen molar-refractivity contribution in [1.29, 1.82) is 0 Å². The highest BCUT2D eigenvalue weighted by molar-refractivity contribution is 5.60. The normalized spacial score (nSPS) is 23.1. The Balaban J connectivity index is 2.09. The Kier molecular flexibility index (Phi) is 4.36. The topological polar surface area (TPSA) is 61.3 Å². The molecule has 0 amide bonds. The highest BCUT2D eigenvalue weighted by Gasteiger charge is 2.27. The fraction of sp³-hybridized carbons (Fsp3) is 0.692. The molecule has 1 heterocycles. The Bertz CT molecular complexity index is 383. The fourth-order valence-electron chi connectivity index (χ4n) is 2.67. The number of aliphatic hydroxyl groups excluding tert-OH is 1. The average Bonchev–Trinajstić information content (AvgIpc) is 2.78. The predicted octanol–water partition coefficient (Wildman–Crippen LogP) is 1.51. The molecular weight excluding hydrogens is 228 g/mol. The molecule has 100 valence electrons. The van der Waals surface area contributed by atoms with E-state index in [0.717, 1.165) is 24.5 Å². The summed E-state index contributed by atoms with van der Waals surface area (Å²) in [5, 5.41) is 12.6. The minimum atomic E-state index is 0.268. The molecule has 1 fully saturated rings. The number of aromatic nitrogens is 2. The molecule has 2 atom stereocenters. The molecule has 1 aromatic rings. The Morgan fingerprint density at radius 2 is 2.11 bits per heavy atom. The van der Waals surface area contributed by atoms with Crippen molar-refractivity contribution in [3.05, 3.63) is 12.4 Å². The van der Waals surface area contributed by atoms with Crippen LogP contribution in [0.4, 0.5) is 11.6 Å². The third-order valence-corrected chi connectivity index (χ3v) is 3.58. The Morgan fingerprint density at radius 1 is 1.33 bits per heavy atom.